The molecule has 0 N–H and O–H groups in total. The lowest BCUT2D eigenvalue weighted by Gasteiger charge is -2.22. The molecule has 1 amide bonds. The second-order valence-corrected chi connectivity index (χ2v) is 7.75. The van der Waals surface area contributed by atoms with Gasteiger partial charge in [-0.25, -0.2) is 8.78 Å². The molecule has 7 heteroatoms. The minimum atomic E-state index is -0.736. The number of aromatic nitrogens is 2. The van der Waals surface area contributed by atoms with Gasteiger partial charge in [-0.1, -0.05) is 42.0 Å². The number of halogens is 2. The molecule has 2 aromatic heterocycles. The molecule has 0 unspecified atom stereocenters. The zero-order valence-corrected chi connectivity index (χ0v) is 17.9. The van der Waals surface area contributed by atoms with Gasteiger partial charge in [0.2, 0.25) is 0 Å². The molecule has 4 aromatic rings. The number of rotatable bonds is 4. The molecular formula is C25H21F2N3O2. The summed E-state index contributed by atoms with van der Waals surface area (Å²) in [6.07, 6.45) is 1.54. The van der Waals surface area contributed by atoms with E-state index in [0.717, 1.165) is 23.3 Å². The van der Waals surface area contributed by atoms with Crippen LogP contribution in [0.3, 0.4) is 0 Å². The van der Waals surface area contributed by atoms with Gasteiger partial charge in [-0.2, -0.15) is 0 Å². The number of hydrogen-bond acceptors (Lipinski definition) is 3. The number of pyridine rings is 2. The molecule has 0 atom stereocenters. The molecule has 4 rings (SSSR count). The molecule has 0 aliphatic rings. The van der Waals surface area contributed by atoms with Gasteiger partial charge < -0.3 is 9.47 Å². The Hall–Kier alpha value is -3.87. The molecule has 0 spiro atoms. The Morgan fingerprint density at radius 1 is 1.09 bits per heavy atom. The average Bonchev–Trinajstić information content (AvgIpc) is 2.78. The van der Waals surface area contributed by atoms with Crippen LogP contribution in [-0.4, -0.2) is 27.4 Å². The number of benzene rings is 2. The number of nitrogens with zero attached hydrogens (tertiary/aromatic N) is 3. The molecule has 5 nitrogen and oxygen atoms in total. The van der Waals surface area contributed by atoms with Crippen molar-refractivity contribution < 1.29 is 13.6 Å². The molecule has 2 aromatic carbocycles. The van der Waals surface area contributed by atoms with Crippen LogP contribution in [0.2, 0.25) is 0 Å². The van der Waals surface area contributed by atoms with Crippen LogP contribution in [0.5, 0.6) is 0 Å². The van der Waals surface area contributed by atoms with Crippen LogP contribution < -0.4 is 5.56 Å². The summed E-state index contributed by atoms with van der Waals surface area (Å²) < 4.78 is 28.7. The first kappa shape index (κ1) is 21.4. The largest absolute Gasteiger partial charge is 0.336 e. The molecule has 32 heavy (non-hydrogen) atoms. The molecule has 0 saturated carbocycles. The Morgan fingerprint density at radius 3 is 2.50 bits per heavy atom. The van der Waals surface area contributed by atoms with E-state index in [2.05, 4.69) is 4.98 Å². The van der Waals surface area contributed by atoms with Gasteiger partial charge in [-0.05, 0) is 24.6 Å². The average molecular weight is 433 g/mol. The molecule has 0 saturated heterocycles. The maximum Gasteiger partial charge on any atom is 0.277 e. The number of carbonyl (C=O) groups excluding carboxylic acids is 1. The number of amides is 1. The summed E-state index contributed by atoms with van der Waals surface area (Å²) in [7, 11) is 3.04. The van der Waals surface area contributed by atoms with Gasteiger partial charge in [0.15, 0.2) is 0 Å². The second-order valence-electron chi connectivity index (χ2n) is 7.75. The highest BCUT2D eigenvalue weighted by atomic mass is 19.1. The van der Waals surface area contributed by atoms with Gasteiger partial charge in [-0.15, -0.1) is 0 Å². The number of carbonyl (C=O) groups is 1. The minimum Gasteiger partial charge on any atom is -0.336 e. The van der Waals surface area contributed by atoms with Gasteiger partial charge in [0, 0.05) is 49.4 Å². The fourth-order valence-electron chi connectivity index (χ4n) is 3.75. The van der Waals surface area contributed by atoms with Crippen molar-refractivity contribution in [1.82, 2.24) is 14.5 Å². The fourth-order valence-corrected chi connectivity index (χ4v) is 3.75. The first-order valence-corrected chi connectivity index (χ1v) is 10.0. The normalized spacial score (nSPS) is 11.0. The Morgan fingerprint density at radius 2 is 1.81 bits per heavy atom. The third-order valence-corrected chi connectivity index (χ3v) is 5.47. The molecule has 0 fully saturated rings. The summed E-state index contributed by atoms with van der Waals surface area (Å²) >= 11 is 0. The van der Waals surface area contributed by atoms with E-state index in [0.29, 0.717) is 10.9 Å². The molecule has 162 valence electrons. The van der Waals surface area contributed by atoms with E-state index in [9.17, 15) is 18.4 Å². The van der Waals surface area contributed by atoms with Crippen molar-refractivity contribution in [2.24, 2.45) is 7.05 Å². The van der Waals surface area contributed by atoms with E-state index in [4.69, 9.17) is 0 Å². The van der Waals surface area contributed by atoms with Gasteiger partial charge >= 0.3 is 0 Å². The van der Waals surface area contributed by atoms with Crippen LogP contribution in [-0.2, 0) is 13.6 Å². The maximum absolute atomic E-state index is 14.2. The molecule has 0 aliphatic heterocycles. The van der Waals surface area contributed by atoms with Crippen molar-refractivity contribution >= 4 is 16.8 Å². The summed E-state index contributed by atoms with van der Waals surface area (Å²) in [5.41, 5.74) is 2.59. The third-order valence-electron chi connectivity index (χ3n) is 5.47. The van der Waals surface area contributed by atoms with Gasteiger partial charge in [0.25, 0.3) is 11.5 Å². The summed E-state index contributed by atoms with van der Waals surface area (Å²) in [6, 6.07) is 14.3. The van der Waals surface area contributed by atoms with Crippen molar-refractivity contribution in [1.29, 1.82) is 0 Å². The first-order valence-electron chi connectivity index (χ1n) is 10.0. The highest BCUT2D eigenvalue weighted by Gasteiger charge is 2.25. The van der Waals surface area contributed by atoms with E-state index in [1.54, 1.807) is 12.1 Å². The standard InChI is InChI=1S/C25H21F2N3O2/c1-15-6-8-16(9-7-15)21-19-5-4-12-28-22(19)24(31)30(3)23(21)25(32)29(2)14-17-10-11-18(26)13-20(17)27/h4-13H,14H2,1-3H3. The summed E-state index contributed by atoms with van der Waals surface area (Å²) in [5.74, 6) is -1.89. The number of fused-ring (bicyclic) bond motifs is 1. The Balaban J connectivity index is 1.90. The summed E-state index contributed by atoms with van der Waals surface area (Å²) in [6.45, 7) is 1.87. The van der Waals surface area contributed by atoms with E-state index >= 15 is 0 Å². The summed E-state index contributed by atoms with van der Waals surface area (Å²) in [5, 5.41) is 0.559. The van der Waals surface area contributed by atoms with Crippen molar-refractivity contribution in [3.63, 3.8) is 0 Å². The molecule has 0 aliphatic carbocycles. The summed E-state index contributed by atoms with van der Waals surface area (Å²) in [4.78, 5) is 32.1. The predicted molar refractivity (Wildman–Crippen MR) is 119 cm³/mol. The van der Waals surface area contributed by atoms with Crippen molar-refractivity contribution in [2.45, 2.75) is 13.5 Å². The SMILES string of the molecule is Cc1ccc(-c2c(C(=O)N(C)Cc3ccc(F)cc3F)n(C)c(=O)c3ncccc23)cc1. The molecule has 0 bridgehead atoms. The van der Waals surface area contributed by atoms with Gasteiger partial charge in [0.05, 0.1) is 0 Å². The maximum atomic E-state index is 14.2. The monoisotopic (exact) mass is 433 g/mol. The van der Waals surface area contributed by atoms with Crippen LogP contribution in [0.1, 0.15) is 21.6 Å². The van der Waals surface area contributed by atoms with Crippen molar-refractivity contribution in [3.8, 4) is 11.1 Å². The quantitative estimate of drug-likeness (QED) is 0.478. The second kappa shape index (κ2) is 8.34. The zero-order valence-electron chi connectivity index (χ0n) is 17.9. The highest BCUT2D eigenvalue weighted by molar-refractivity contribution is 6.07. The van der Waals surface area contributed by atoms with Crippen LogP contribution in [0.15, 0.2) is 65.6 Å². The first-order chi connectivity index (χ1) is 15.3. The minimum absolute atomic E-state index is 0.0858. The van der Waals surface area contributed by atoms with Gasteiger partial charge in [-0.3, -0.25) is 14.6 Å². The highest BCUT2D eigenvalue weighted by Crippen LogP contribution is 2.31. The topological polar surface area (TPSA) is 55.2 Å². The lowest BCUT2D eigenvalue weighted by Crippen LogP contribution is -2.33. The van der Waals surface area contributed by atoms with E-state index in [1.807, 2.05) is 31.2 Å². The number of aryl methyl sites for hydroxylation is 1. The number of hydrogen-bond donors (Lipinski definition) is 0. The molecular weight excluding hydrogens is 412 g/mol. The Labute approximate surface area is 183 Å². The van der Waals surface area contributed by atoms with Crippen LogP contribution in [0.4, 0.5) is 8.78 Å². The van der Waals surface area contributed by atoms with Crippen LogP contribution >= 0.6 is 0 Å². The smallest absolute Gasteiger partial charge is 0.277 e. The Kier molecular flexibility index (Phi) is 5.57. The van der Waals surface area contributed by atoms with Gasteiger partial charge in [0.1, 0.15) is 22.8 Å². The van der Waals surface area contributed by atoms with Crippen LogP contribution in [0.25, 0.3) is 22.0 Å². The Bertz CT molecular complexity index is 1400. The third kappa shape index (κ3) is 3.77. The fraction of sp³-hybridized carbons (Fsp3) is 0.160. The zero-order chi connectivity index (χ0) is 23.0. The van der Waals surface area contributed by atoms with Crippen molar-refractivity contribution in [2.75, 3.05) is 7.05 Å². The van der Waals surface area contributed by atoms with E-state index in [-0.39, 0.29) is 23.3 Å². The predicted octanol–water partition coefficient (Wildman–Crippen LogP) is 4.46. The lowest BCUT2D eigenvalue weighted by atomic mass is 9.97. The van der Waals surface area contributed by atoms with Crippen molar-refractivity contribution in [3.05, 3.63) is 99.6 Å². The van der Waals surface area contributed by atoms with E-state index < -0.39 is 23.1 Å². The van der Waals surface area contributed by atoms with E-state index in [1.165, 1.54) is 35.8 Å². The van der Waals surface area contributed by atoms with Crippen LogP contribution in [0, 0.1) is 18.6 Å². The lowest BCUT2D eigenvalue weighted by molar-refractivity contribution is 0.0774. The molecule has 0 radical (unpaired) electrons. The molecule has 2 heterocycles.